The van der Waals surface area contributed by atoms with E-state index in [2.05, 4.69) is 30.5 Å². The van der Waals surface area contributed by atoms with Gasteiger partial charge in [-0.2, -0.15) is 5.10 Å². The summed E-state index contributed by atoms with van der Waals surface area (Å²) >= 11 is 0. The van der Waals surface area contributed by atoms with E-state index in [9.17, 15) is 18.7 Å². The number of nitrogens with one attached hydrogen (secondary N) is 2. The number of rotatable bonds is 4. The summed E-state index contributed by atoms with van der Waals surface area (Å²) in [4.78, 5) is 23.8. The molecule has 3 fully saturated rings. The van der Waals surface area contributed by atoms with Crippen LogP contribution in [-0.4, -0.2) is 37.2 Å². The van der Waals surface area contributed by atoms with Crippen LogP contribution in [-0.2, 0) is 4.79 Å². The van der Waals surface area contributed by atoms with E-state index in [1.165, 1.54) is 6.07 Å². The highest BCUT2D eigenvalue weighted by molar-refractivity contribution is 5.88. The maximum atomic E-state index is 14.5. The summed E-state index contributed by atoms with van der Waals surface area (Å²) in [6.07, 6.45) is 5.52. The van der Waals surface area contributed by atoms with Crippen LogP contribution in [0.5, 0.6) is 0 Å². The van der Waals surface area contributed by atoms with Crippen molar-refractivity contribution in [2.75, 3.05) is 5.32 Å². The van der Waals surface area contributed by atoms with Crippen LogP contribution in [0.2, 0.25) is 0 Å². The average molecular weight is 399 g/mol. The van der Waals surface area contributed by atoms with Gasteiger partial charge in [-0.3, -0.25) is 5.10 Å². The third kappa shape index (κ3) is 2.99. The van der Waals surface area contributed by atoms with E-state index in [0.29, 0.717) is 11.1 Å². The number of halogens is 2. The van der Waals surface area contributed by atoms with Crippen LogP contribution in [0.3, 0.4) is 0 Å². The highest BCUT2D eigenvalue weighted by Gasteiger charge is 2.44. The van der Waals surface area contributed by atoms with Gasteiger partial charge in [0.2, 0.25) is 0 Å². The number of hydrogen-bond acceptors (Lipinski definition) is 7. The minimum Gasteiger partial charge on any atom is -0.550 e. The van der Waals surface area contributed by atoms with Crippen molar-refractivity contribution in [1.82, 2.24) is 25.1 Å². The molecule has 0 amide bonds. The normalized spacial score (nSPS) is 26.0. The minimum absolute atomic E-state index is 0.0254. The second kappa shape index (κ2) is 6.71. The fourth-order valence-electron chi connectivity index (χ4n) is 4.79. The third-order valence-corrected chi connectivity index (χ3v) is 6.14. The standard InChI is InChI=1S/C19H18F2N6O2/c20-10-5-11-15(26-27-16(11)22-6-10)18-23-7-12(21)17(25-18)24-14-9-3-1-8(2-4-9)13(14)19(28)29/h5-9,13-14H,1-4H2,(H,28,29)(H,22,26,27)(H,23,24,25)/p-1. The summed E-state index contributed by atoms with van der Waals surface area (Å²) in [5.74, 6) is -2.89. The number of carboxylic acid groups (broad SMARTS) is 1. The molecule has 10 heteroatoms. The number of H-pyrrole nitrogens is 1. The fourth-order valence-corrected chi connectivity index (χ4v) is 4.79. The number of anilines is 1. The summed E-state index contributed by atoms with van der Waals surface area (Å²) in [5.41, 5.74) is 0.585. The Morgan fingerprint density at radius 2 is 1.90 bits per heavy atom. The zero-order chi connectivity index (χ0) is 20.1. The molecule has 150 valence electrons. The number of nitrogens with zero attached hydrogens (tertiary/aromatic N) is 4. The maximum absolute atomic E-state index is 14.5. The van der Waals surface area contributed by atoms with Crippen molar-refractivity contribution < 1.29 is 18.7 Å². The van der Waals surface area contributed by atoms with E-state index < -0.39 is 29.6 Å². The van der Waals surface area contributed by atoms with Gasteiger partial charge in [0.25, 0.3) is 0 Å². The Labute approximate surface area is 163 Å². The van der Waals surface area contributed by atoms with Gasteiger partial charge in [0.15, 0.2) is 23.1 Å². The van der Waals surface area contributed by atoms with E-state index in [1.54, 1.807) is 0 Å². The second-order valence-corrected chi connectivity index (χ2v) is 7.70. The smallest absolute Gasteiger partial charge is 0.183 e. The Bertz CT molecular complexity index is 1100. The van der Waals surface area contributed by atoms with Gasteiger partial charge in [-0.25, -0.2) is 23.7 Å². The molecule has 3 saturated carbocycles. The molecule has 2 atom stereocenters. The first-order valence-corrected chi connectivity index (χ1v) is 9.51. The van der Waals surface area contributed by atoms with Gasteiger partial charge in [-0.05, 0) is 43.6 Å². The Morgan fingerprint density at radius 3 is 2.66 bits per heavy atom. The van der Waals surface area contributed by atoms with Gasteiger partial charge in [0.05, 0.1) is 17.8 Å². The molecular weight excluding hydrogens is 382 g/mol. The molecule has 3 heterocycles. The van der Waals surface area contributed by atoms with E-state index in [4.69, 9.17) is 0 Å². The molecule has 2 bridgehead atoms. The zero-order valence-electron chi connectivity index (χ0n) is 15.2. The predicted octanol–water partition coefficient (Wildman–Crippen LogP) is 1.66. The first-order chi connectivity index (χ1) is 14.0. The number of carbonyl (C=O) groups excluding carboxylic acids is 1. The number of carboxylic acids is 1. The van der Waals surface area contributed by atoms with Gasteiger partial charge in [0.1, 0.15) is 11.5 Å². The van der Waals surface area contributed by atoms with Gasteiger partial charge < -0.3 is 15.2 Å². The molecule has 0 radical (unpaired) electrons. The summed E-state index contributed by atoms with van der Waals surface area (Å²) in [7, 11) is 0. The lowest BCUT2D eigenvalue weighted by atomic mass is 9.61. The molecule has 2 unspecified atom stereocenters. The van der Waals surface area contributed by atoms with Gasteiger partial charge in [-0.1, -0.05) is 0 Å². The zero-order valence-corrected chi connectivity index (χ0v) is 15.2. The number of aromatic nitrogens is 5. The van der Waals surface area contributed by atoms with Gasteiger partial charge >= 0.3 is 0 Å². The highest BCUT2D eigenvalue weighted by Crippen LogP contribution is 2.46. The van der Waals surface area contributed by atoms with Gasteiger partial charge in [0, 0.05) is 17.9 Å². The van der Waals surface area contributed by atoms with E-state index in [1.807, 2.05) is 0 Å². The lowest BCUT2D eigenvalue weighted by Gasteiger charge is -2.49. The molecule has 3 aromatic rings. The van der Waals surface area contributed by atoms with E-state index in [-0.39, 0.29) is 29.1 Å². The predicted molar refractivity (Wildman–Crippen MR) is 96.2 cm³/mol. The van der Waals surface area contributed by atoms with Crippen LogP contribution >= 0.6 is 0 Å². The van der Waals surface area contributed by atoms with Crippen molar-refractivity contribution in [2.45, 2.75) is 31.7 Å². The van der Waals surface area contributed by atoms with Crippen molar-refractivity contribution in [3.8, 4) is 11.5 Å². The molecule has 8 nitrogen and oxygen atoms in total. The van der Waals surface area contributed by atoms with Crippen LogP contribution in [0.15, 0.2) is 18.5 Å². The monoisotopic (exact) mass is 399 g/mol. The lowest BCUT2D eigenvalue weighted by Crippen LogP contribution is -2.55. The van der Waals surface area contributed by atoms with Crippen molar-refractivity contribution >= 4 is 22.8 Å². The van der Waals surface area contributed by atoms with E-state index >= 15 is 0 Å². The molecule has 0 aliphatic heterocycles. The maximum Gasteiger partial charge on any atom is 0.183 e. The number of carbonyl (C=O) groups is 1. The molecule has 3 aromatic heterocycles. The highest BCUT2D eigenvalue weighted by atomic mass is 19.1. The second-order valence-electron chi connectivity index (χ2n) is 7.70. The van der Waals surface area contributed by atoms with Crippen LogP contribution in [0, 0.1) is 29.4 Å². The number of pyridine rings is 1. The van der Waals surface area contributed by atoms with E-state index in [0.717, 1.165) is 38.1 Å². The molecule has 29 heavy (non-hydrogen) atoms. The van der Waals surface area contributed by atoms with Crippen molar-refractivity contribution in [3.63, 3.8) is 0 Å². The van der Waals surface area contributed by atoms with Gasteiger partial charge in [-0.15, -0.1) is 0 Å². The third-order valence-electron chi connectivity index (χ3n) is 6.14. The lowest BCUT2D eigenvalue weighted by molar-refractivity contribution is -0.316. The Kier molecular flexibility index (Phi) is 4.14. The number of fused-ring (bicyclic) bond motifs is 4. The summed E-state index contributed by atoms with van der Waals surface area (Å²) in [6, 6.07) is 0.787. The molecular formula is C19H17F2N6O2-. The van der Waals surface area contributed by atoms with Crippen LogP contribution < -0.4 is 10.4 Å². The number of aliphatic carboxylic acids is 1. The summed E-state index contributed by atoms with van der Waals surface area (Å²) < 4.78 is 28.1. The molecule has 6 rings (SSSR count). The minimum atomic E-state index is -1.12. The SMILES string of the molecule is O=C([O-])C1C2CCC(CC2)C1Nc1nc(-c2[nH]nc3ncc(F)cc23)ncc1F. The van der Waals surface area contributed by atoms with Crippen LogP contribution in [0.25, 0.3) is 22.6 Å². The van der Waals surface area contributed by atoms with Crippen LogP contribution in [0.1, 0.15) is 25.7 Å². The summed E-state index contributed by atoms with van der Waals surface area (Å²) in [6.45, 7) is 0. The fraction of sp³-hybridized carbons (Fsp3) is 0.421. The topological polar surface area (TPSA) is 120 Å². The number of aromatic amines is 1. The Hall–Kier alpha value is -3.17. The average Bonchev–Trinajstić information content (AvgIpc) is 3.13. The number of hydrogen-bond donors (Lipinski definition) is 2. The molecule has 3 aliphatic carbocycles. The Morgan fingerprint density at radius 1 is 1.14 bits per heavy atom. The van der Waals surface area contributed by atoms with Crippen molar-refractivity contribution in [1.29, 1.82) is 0 Å². The molecule has 0 aromatic carbocycles. The molecule has 3 aliphatic rings. The molecule has 0 spiro atoms. The molecule has 0 saturated heterocycles. The van der Waals surface area contributed by atoms with Crippen LogP contribution in [0.4, 0.5) is 14.6 Å². The quantitative estimate of drug-likeness (QED) is 0.685. The van der Waals surface area contributed by atoms with Crippen molar-refractivity contribution in [3.05, 3.63) is 30.1 Å². The largest absolute Gasteiger partial charge is 0.550 e. The molecule has 2 N–H and O–H groups in total. The first kappa shape index (κ1) is 17.9. The van der Waals surface area contributed by atoms with Crippen molar-refractivity contribution in [2.24, 2.45) is 17.8 Å². The Balaban J connectivity index is 1.51. The summed E-state index contributed by atoms with van der Waals surface area (Å²) in [5, 5.41) is 21.8. The first-order valence-electron chi connectivity index (χ1n) is 9.51.